The number of hydrogen-bond acceptors (Lipinski definition) is 3. The Hall–Kier alpha value is -2.09. The van der Waals surface area contributed by atoms with Crippen LogP contribution in [0.3, 0.4) is 0 Å². The molecule has 0 aliphatic heterocycles. The Bertz CT molecular complexity index is 528. The number of aryl methyl sites for hydroxylation is 1. The summed E-state index contributed by atoms with van der Waals surface area (Å²) in [6.45, 7) is 6.13. The molecule has 0 spiro atoms. The fourth-order valence-electron chi connectivity index (χ4n) is 1.64. The minimum atomic E-state index is -0.386. The normalized spacial score (nSPS) is 11.7. The monoisotopic (exact) mass is 247 g/mol. The van der Waals surface area contributed by atoms with Gasteiger partial charge in [0.25, 0.3) is 11.5 Å². The van der Waals surface area contributed by atoms with E-state index in [2.05, 4.69) is 11.1 Å². The smallest absolute Gasteiger partial charge is 0.260 e. The number of carbonyl (C=O) groups excluding carboxylic acids is 1. The lowest BCUT2D eigenvalue weighted by molar-refractivity contribution is 0.0751. The maximum Gasteiger partial charge on any atom is 0.260 e. The molecule has 1 N–H and O–H groups in total. The van der Waals surface area contributed by atoms with Crippen molar-refractivity contribution in [3.8, 4) is 6.07 Å². The van der Waals surface area contributed by atoms with Gasteiger partial charge in [0, 0.05) is 18.8 Å². The standard InChI is InChI=1S/C13H17N3O2/c1-4-16(8-9(2)7-14)13(18)11-6-5-10(3)15-12(11)17/h5-6,9H,4,8H2,1-3H3,(H,15,17)/t9-/m0/s1. The molecule has 5 heteroatoms. The minimum absolute atomic E-state index is 0.118. The van der Waals surface area contributed by atoms with Crippen LogP contribution in [0.1, 0.15) is 29.9 Å². The lowest BCUT2D eigenvalue weighted by Crippen LogP contribution is -2.37. The van der Waals surface area contributed by atoms with E-state index >= 15 is 0 Å². The summed E-state index contributed by atoms with van der Waals surface area (Å²) in [7, 11) is 0. The number of rotatable bonds is 4. The van der Waals surface area contributed by atoms with E-state index in [0.717, 1.165) is 0 Å². The molecule has 1 amide bonds. The number of amides is 1. The Morgan fingerprint density at radius 1 is 1.56 bits per heavy atom. The number of aromatic amines is 1. The molecule has 1 atom stereocenters. The van der Waals surface area contributed by atoms with Gasteiger partial charge in [0.15, 0.2) is 0 Å². The van der Waals surface area contributed by atoms with Gasteiger partial charge in [-0.1, -0.05) is 0 Å². The number of nitrogens with one attached hydrogen (secondary N) is 1. The molecular formula is C13H17N3O2. The van der Waals surface area contributed by atoms with Crippen LogP contribution in [0.4, 0.5) is 0 Å². The molecule has 1 aromatic heterocycles. The molecule has 0 saturated carbocycles. The Morgan fingerprint density at radius 3 is 2.72 bits per heavy atom. The van der Waals surface area contributed by atoms with Gasteiger partial charge in [-0.15, -0.1) is 0 Å². The summed E-state index contributed by atoms with van der Waals surface area (Å²) < 4.78 is 0. The van der Waals surface area contributed by atoms with Gasteiger partial charge in [0.05, 0.1) is 12.0 Å². The first kappa shape index (κ1) is 14.0. The van der Waals surface area contributed by atoms with Gasteiger partial charge in [-0.2, -0.15) is 5.26 Å². The zero-order chi connectivity index (χ0) is 13.7. The maximum absolute atomic E-state index is 12.2. The second-order valence-electron chi connectivity index (χ2n) is 4.26. The number of nitrogens with zero attached hydrogens (tertiary/aromatic N) is 2. The lowest BCUT2D eigenvalue weighted by atomic mass is 10.1. The fraction of sp³-hybridized carbons (Fsp3) is 0.462. The second-order valence-corrected chi connectivity index (χ2v) is 4.26. The highest BCUT2D eigenvalue weighted by molar-refractivity contribution is 5.93. The molecule has 96 valence electrons. The van der Waals surface area contributed by atoms with Gasteiger partial charge < -0.3 is 9.88 Å². The van der Waals surface area contributed by atoms with E-state index in [9.17, 15) is 9.59 Å². The largest absolute Gasteiger partial charge is 0.337 e. The summed E-state index contributed by atoms with van der Waals surface area (Å²) in [6.07, 6.45) is 0. The van der Waals surface area contributed by atoms with E-state index in [1.54, 1.807) is 19.9 Å². The van der Waals surface area contributed by atoms with Crippen LogP contribution in [0.5, 0.6) is 0 Å². The van der Waals surface area contributed by atoms with E-state index in [1.807, 2.05) is 6.92 Å². The fourth-order valence-corrected chi connectivity index (χ4v) is 1.64. The number of carbonyl (C=O) groups is 1. The van der Waals surface area contributed by atoms with Gasteiger partial charge in [0.2, 0.25) is 0 Å². The predicted octanol–water partition coefficient (Wildman–Crippen LogP) is 1.31. The maximum atomic E-state index is 12.2. The van der Waals surface area contributed by atoms with E-state index in [0.29, 0.717) is 18.8 Å². The van der Waals surface area contributed by atoms with Crippen molar-refractivity contribution in [1.29, 1.82) is 5.26 Å². The first-order chi connectivity index (χ1) is 8.49. The minimum Gasteiger partial charge on any atom is -0.337 e. The van der Waals surface area contributed by atoms with E-state index in [-0.39, 0.29) is 22.9 Å². The highest BCUT2D eigenvalue weighted by Gasteiger charge is 2.19. The molecular weight excluding hydrogens is 230 g/mol. The highest BCUT2D eigenvalue weighted by Crippen LogP contribution is 2.04. The SMILES string of the molecule is CCN(C[C@@H](C)C#N)C(=O)c1ccc(C)[nH]c1=O. The quantitative estimate of drug-likeness (QED) is 0.871. The predicted molar refractivity (Wildman–Crippen MR) is 68.2 cm³/mol. The molecule has 1 aromatic rings. The third-order valence-corrected chi connectivity index (χ3v) is 2.67. The molecule has 0 unspecified atom stereocenters. The lowest BCUT2D eigenvalue weighted by Gasteiger charge is -2.21. The number of pyridine rings is 1. The van der Waals surface area contributed by atoms with Crippen LogP contribution in [0, 0.1) is 24.2 Å². The topological polar surface area (TPSA) is 77.0 Å². The van der Waals surface area contributed by atoms with Gasteiger partial charge in [-0.3, -0.25) is 9.59 Å². The number of nitriles is 1. The molecule has 0 aromatic carbocycles. The molecule has 0 saturated heterocycles. The van der Waals surface area contributed by atoms with Crippen molar-refractivity contribution in [3.63, 3.8) is 0 Å². The number of hydrogen-bond donors (Lipinski definition) is 1. The Labute approximate surface area is 106 Å². The van der Waals surface area contributed by atoms with Crippen molar-refractivity contribution in [2.75, 3.05) is 13.1 Å². The number of H-pyrrole nitrogens is 1. The third kappa shape index (κ3) is 3.20. The summed E-state index contributed by atoms with van der Waals surface area (Å²) in [5, 5.41) is 8.77. The van der Waals surface area contributed by atoms with Gasteiger partial charge >= 0.3 is 0 Å². The van der Waals surface area contributed by atoms with Crippen LogP contribution in [-0.4, -0.2) is 28.9 Å². The van der Waals surface area contributed by atoms with E-state index in [1.165, 1.54) is 11.0 Å². The average molecular weight is 247 g/mol. The Morgan fingerprint density at radius 2 is 2.22 bits per heavy atom. The molecule has 0 aliphatic rings. The molecule has 0 aliphatic carbocycles. The molecule has 18 heavy (non-hydrogen) atoms. The molecule has 0 fully saturated rings. The van der Waals surface area contributed by atoms with Crippen molar-refractivity contribution < 1.29 is 4.79 Å². The zero-order valence-electron chi connectivity index (χ0n) is 10.9. The van der Waals surface area contributed by atoms with Crippen LogP contribution in [0.2, 0.25) is 0 Å². The summed E-state index contributed by atoms with van der Waals surface area (Å²) in [4.78, 5) is 28.0. The van der Waals surface area contributed by atoms with Crippen LogP contribution in [0.25, 0.3) is 0 Å². The van der Waals surface area contributed by atoms with E-state index in [4.69, 9.17) is 5.26 Å². The molecule has 1 heterocycles. The first-order valence-corrected chi connectivity index (χ1v) is 5.88. The Kier molecular flexibility index (Phi) is 4.67. The van der Waals surface area contributed by atoms with Crippen molar-refractivity contribution in [2.45, 2.75) is 20.8 Å². The van der Waals surface area contributed by atoms with Gasteiger partial charge in [-0.25, -0.2) is 0 Å². The molecule has 0 bridgehead atoms. The summed E-state index contributed by atoms with van der Waals surface area (Å²) >= 11 is 0. The Balaban J connectivity index is 2.97. The summed E-state index contributed by atoms with van der Waals surface area (Å²) in [5.41, 5.74) is 0.445. The second kappa shape index (κ2) is 6.01. The molecule has 1 rings (SSSR count). The van der Waals surface area contributed by atoms with Gasteiger partial charge in [0.1, 0.15) is 5.56 Å². The van der Waals surface area contributed by atoms with Crippen LogP contribution in [0.15, 0.2) is 16.9 Å². The zero-order valence-corrected chi connectivity index (χ0v) is 10.9. The van der Waals surface area contributed by atoms with Crippen molar-refractivity contribution >= 4 is 5.91 Å². The van der Waals surface area contributed by atoms with Crippen LogP contribution in [-0.2, 0) is 0 Å². The molecule has 5 nitrogen and oxygen atoms in total. The van der Waals surface area contributed by atoms with Gasteiger partial charge in [-0.05, 0) is 32.9 Å². The summed E-state index contributed by atoms with van der Waals surface area (Å²) in [6, 6.07) is 5.29. The number of aromatic nitrogens is 1. The van der Waals surface area contributed by atoms with Crippen molar-refractivity contribution in [1.82, 2.24) is 9.88 Å². The van der Waals surface area contributed by atoms with Crippen LogP contribution < -0.4 is 5.56 Å². The van der Waals surface area contributed by atoms with Crippen molar-refractivity contribution in [2.24, 2.45) is 5.92 Å². The third-order valence-electron chi connectivity index (χ3n) is 2.67. The first-order valence-electron chi connectivity index (χ1n) is 5.88. The van der Waals surface area contributed by atoms with E-state index < -0.39 is 0 Å². The average Bonchev–Trinajstić information content (AvgIpc) is 2.34. The summed E-state index contributed by atoms with van der Waals surface area (Å²) in [5.74, 6) is -0.584. The van der Waals surface area contributed by atoms with Crippen molar-refractivity contribution in [3.05, 3.63) is 33.7 Å². The highest BCUT2D eigenvalue weighted by atomic mass is 16.2. The molecule has 0 radical (unpaired) electrons. The van der Waals surface area contributed by atoms with Crippen LogP contribution >= 0.6 is 0 Å².